The first-order valence-corrected chi connectivity index (χ1v) is 13.2. The Morgan fingerprint density at radius 3 is 2.85 bits per heavy atom. The summed E-state index contributed by atoms with van der Waals surface area (Å²) < 4.78 is 11.7. The van der Waals surface area contributed by atoms with E-state index in [1.54, 1.807) is 0 Å². The van der Waals surface area contributed by atoms with Crippen molar-refractivity contribution >= 4 is 16.9 Å². The topological polar surface area (TPSA) is 80.0 Å². The number of carbonyl (C=O) groups is 1. The van der Waals surface area contributed by atoms with Gasteiger partial charge in [-0.2, -0.15) is 0 Å². The number of benzene rings is 1. The maximum atomic E-state index is 13.4. The molecule has 3 atom stereocenters. The van der Waals surface area contributed by atoms with Gasteiger partial charge in [-0.25, -0.2) is 4.79 Å². The number of hydrogen-bond donors (Lipinski definition) is 1. The highest BCUT2D eigenvalue weighted by atomic mass is 16.5. The lowest BCUT2D eigenvalue weighted by molar-refractivity contribution is -0.157. The van der Waals surface area contributed by atoms with E-state index >= 15 is 0 Å². The third-order valence-corrected chi connectivity index (χ3v) is 8.58. The van der Waals surface area contributed by atoms with E-state index in [2.05, 4.69) is 6.92 Å². The fourth-order valence-corrected chi connectivity index (χ4v) is 6.73. The minimum atomic E-state index is -0.624. The largest absolute Gasteiger partial charge is 0.483 e. The van der Waals surface area contributed by atoms with Crippen molar-refractivity contribution in [3.05, 3.63) is 39.2 Å². The molecule has 1 aromatic heterocycles. The van der Waals surface area contributed by atoms with Crippen LogP contribution in [0.2, 0.25) is 0 Å². The van der Waals surface area contributed by atoms with Crippen LogP contribution in [0, 0.1) is 12.8 Å². The second-order valence-corrected chi connectivity index (χ2v) is 10.6. The summed E-state index contributed by atoms with van der Waals surface area (Å²) in [5.74, 6) is 0.714. The Morgan fingerprint density at radius 1 is 1.21 bits per heavy atom. The third kappa shape index (κ3) is 4.04. The summed E-state index contributed by atoms with van der Waals surface area (Å²) in [6, 6.07) is 3.93. The number of ether oxygens (including phenoxy) is 1. The predicted octanol–water partition coefficient (Wildman–Crippen LogP) is 4.68. The average molecular weight is 468 g/mol. The molecule has 0 radical (unpaired) electrons. The van der Waals surface area contributed by atoms with Crippen molar-refractivity contribution in [2.24, 2.45) is 5.92 Å². The first-order chi connectivity index (χ1) is 16.4. The summed E-state index contributed by atoms with van der Waals surface area (Å²) in [5, 5.41) is 12.3. The lowest BCUT2D eigenvalue weighted by Crippen LogP contribution is -2.61. The van der Waals surface area contributed by atoms with E-state index in [0.29, 0.717) is 24.3 Å². The molecule has 2 fully saturated rings. The first-order valence-electron chi connectivity index (χ1n) is 13.2. The molecule has 1 unspecified atom stereocenters. The zero-order valence-corrected chi connectivity index (χ0v) is 20.5. The zero-order valence-electron chi connectivity index (χ0n) is 20.5. The Hall–Kier alpha value is -2.34. The van der Waals surface area contributed by atoms with E-state index in [-0.39, 0.29) is 30.1 Å². The lowest BCUT2D eigenvalue weighted by Gasteiger charge is -2.52. The van der Waals surface area contributed by atoms with Crippen LogP contribution in [0.15, 0.2) is 21.3 Å². The Morgan fingerprint density at radius 2 is 2.03 bits per heavy atom. The van der Waals surface area contributed by atoms with Gasteiger partial charge in [0.25, 0.3) is 5.91 Å². The number of hydrogen-bond acceptors (Lipinski definition) is 5. The molecule has 2 aromatic rings. The molecule has 1 aromatic carbocycles. The molecule has 2 heterocycles. The summed E-state index contributed by atoms with van der Waals surface area (Å²) in [5.41, 5.74) is 2.37. The highest BCUT2D eigenvalue weighted by molar-refractivity contribution is 5.86. The molecule has 1 aliphatic heterocycles. The zero-order chi connectivity index (χ0) is 23.9. The van der Waals surface area contributed by atoms with Crippen LogP contribution < -0.4 is 10.4 Å². The van der Waals surface area contributed by atoms with Crippen LogP contribution in [-0.2, 0) is 17.6 Å². The summed E-state index contributed by atoms with van der Waals surface area (Å²) in [6.45, 7) is 4.59. The smallest absolute Gasteiger partial charge is 0.339 e. The Labute approximate surface area is 201 Å². The Balaban J connectivity index is 1.34. The van der Waals surface area contributed by atoms with Gasteiger partial charge in [-0.3, -0.25) is 4.79 Å². The lowest BCUT2D eigenvalue weighted by atomic mass is 9.66. The van der Waals surface area contributed by atoms with E-state index in [9.17, 15) is 14.7 Å². The maximum absolute atomic E-state index is 13.4. The highest BCUT2D eigenvalue weighted by Gasteiger charge is 2.49. The molecule has 1 saturated carbocycles. The van der Waals surface area contributed by atoms with E-state index in [0.717, 1.165) is 86.3 Å². The molecule has 1 amide bonds. The van der Waals surface area contributed by atoms with Crippen molar-refractivity contribution < 1.29 is 19.1 Å². The molecule has 3 aliphatic rings. The van der Waals surface area contributed by atoms with Gasteiger partial charge in [0.15, 0.2) is 6.61 Å². The van der Waals surface area contributed by atoms with Gasteiger partial charge in [0.1, 0.15) is 11.3 Å². The molecule has 0 bridgehead atoms. The second-order valence-electron chi connectivity index (χ2n) is 10.6. The highest BCUT2D eigenvalue weighted by Crippen LogP contribution is 2.44. The molecule has 1 N–H and O–H groups in total. The van der Waals surface area contributed by atoms with Gasteiger partial charge < -0.3 is 19.2 Å². The van der Waals surface area contributed by atoms with E-state index in [4.69, 9.17) is 9.15 Å². The molecular formula is C28H37NO5. The van der Waals surface area contributed by atoms with Gasteiger partial charge >= 0.3 is 5.63 Å². The summed E-state index contributed by atoms with van der Waals surface area (Å²) in [7, 11) is 0. The monoisotopic (exact) mass is 467 g/mol. The fourth-order valence-electron chi connectivity index (χ4n) is 6.73. The summed E-state index contributed by atoms with van der Waals surface area (Å²) >= 11 is 0. The number of piperidine rings is 1. The van der Waals surface area contributed by atoms with E-state index < -0.39 is 5.60 Å². The van der Waals surface area contributed by atoms with Crippen LogP contribution in [0.3, 0.4) is 0 Å². The number of aryl methyl sites for hydroxylation is 2. The van der Waals surface area contributed by atoms with Gasteiger partial charge in [-0.15, -0.1) is 0 Å². The summed E-state index contributed by atoms with van der Waals surface area (Å²) in [6.07, 6.45) is 10.4. The van der Waals surface area contributed by atoms with Crippen LogP contribution in [0.1, 0.15) is 81.4 Å². The number of likely N-dealkylation sites (tertiary alicyclic amines) is 1. The second kappa shape index (κ2) is 9.37. The molecule has 184 valence electrons. The molecule has 6 nitrogen and oxygen atoms in total. The number of unbranched alkanes of at least 4 members (excludes halogenated alkanes) is 1. The first kappa shape index (κ1) is 23.4. The van der Waals surface area contributed by atoms with Crippen molar-refractivity contribution in [2.45, 2.75) is 96.1 Å². The van der Waals surface area contributed by atoms with Crippen molar-refractivity contribution in [1.82, 2.24) is 4.90 Å². The van der Waals surface area contributed by atoms with Gasteiger partial charge in [-0.1, -0.05) is 32.6 Å². The van der Waals surface area contributed by atoms with E-state index in [1.807, 2.05) is 24.0 Å². The van der Waals surface area contributed by atoms with E-state index in [1.165, 1.54) is 0 Å². The van der Waals surface area contributed by atoms with Crippen molar-refractivity contribution in [3.8, 4) is 5.75 Å². The van der Waals surface area contributed by atoms with Crippen molar-refractivity contribution in [2.75, 3.05) is 13.2 Å². The molecule has 2 aliphatic carbocycles. The number of amides is 1. The summed E-state index contributed by atoms with van der Waals surface area (Å²) in [4.78, 5) is 27.8. The Bertz CT molecular complexity index is 1140. The Kier molecular flexibility index (Phi) is 6.45. The predicted molar refractivity (Wildman–Crippen MR) is 131 cm³/mol. The van der Waals surface area contributed by atoms with Gasteiger partial charge in [0.2, 0.25) is 0 Å². The molecule has 0 spiro atoms. The van der Waals surface area contributed by atoms with Crippen LogP contribution >= 0.6 is 0 Å². The van der Waals surface area contributed by atoms with Crippen LogP contribution in [0.25, 0.3) is 11.0 Å². The molecule has 1 saturated heterocycles. The fraction of sp³-hybridized carbons (Fsp3) is 0.643. The normalized spacial score (nSPS) is 26.4. The molecule has 5 rings (SSSR count). The third-order valence-electron chi connectivity index (χ3n) is 8.58. The minimum Gasteiger partial charge on any atom is -0.483 e. The average Bonchev–Trinajstić information content (AvgIpc) is 3.33. The molecular weight excluding hydrogens is 430 g/mol. The van der Waals surface area contributed by atoms with Crippen LogP contribution in [0.5, 0.6) is 5.75 Å². The number of nitrogens with zero attached hydrogens (tertiary/aromatic N) is 1. The SMILES string of the molecule is CCCCC1[C@@H]2CCCC[C@]2(O)CCN1C(=O)COc1ccc2c3c(c(=O)oc2c1C)CCC3. The number of rotatable bonds is 6. The van der Waals surface area contributed by atoms with Crippen molar-refractivity contribution in [3.63, 3.8) is 0 Å². The van der Waals surface area contributed by atoms with Gasteiger partial charge in [0, 0.05) is 35.0 Å². The van der Waals surface area contributed by atoms with Crippen LogP contribution in [-0.4, -0.2) is 40.7 Å². The molecule has 6 heteroatoms. The van der Waals surface area contributed by atoms with Crippen LogP contribution in [0.4, 0.5) is 0 Å². The number of fused-ring (bicyclic) bond motifs is 4. The standard InChI is InChI=1S/C28H37NO5/c1-3-4-11-23-22-10-5-6-14-28(22,32)15-16-29(23)25(30)17-33-24-13-12-20-19-8-7-9-21(19)27(31)34-26(20)18(24)2/h12-13,22-23,32H,3-11,14-17H2,1-2H3/t22-,23?,28-/m0/s1. The minimum absolute atomic E-state index is 0.0244. The van der Waals surface area contributed by atoms with Gasteiger partial charge in [-0.05, 0) is 69.6 Å². The maximum Gasteiger partial charge on any atom is 0.339 e. The number of aliphatic hydroxyl groups is 1. The number of carbonyl (C=O) groups excluding carboxylic acids is 1. The van der Waals surface area contributed by atoms with Crippen molar-refractivity contribution in [1.29, 1.82) is 0 Å². The van der Waals surface area contributed by atoms with Gasteiger partial charge in [0.05, 0.1) is 5.60 Å². The quantitative estimate of drug-likeness (QED) is 0.624. The molecule has 34 heavy (non-hydrogen) atoms.